The number of terminal acetylenes is 1. The zero-order chi connectivity index (χ0) is 9.41. The molecule has 12 heavy (non-hydrogen) atoms. The number of hydrogen-bond acceptors (Lipinski definition) is 3. The van der Waals surface area contributed by atoms with Crippen molar-refractivity contribution < 1.29 is 13.6 Å². The van der Waals surface area contributed by atoms with E-state index in [-0.39, 0.29) is 6.10 Å². The van der Waals surface area contributed by atoms with Gasteiger partial charge in [0.15, 0.2) is 0 Å². The summed E-state index contributed by atoms with van der Waals surface area (Å²) in [7, 11) is -1.50. The summed E-state index contributed by atoms with van der Waals surface area (Å²) < 4.78 is 21.6. The van der Waals surface area contributed by atoms with Crippen LogP contribution in [0.1, 0.15) is 13.8 Å². The van der Waals surface area contributed by atoms with Crippen molar-refractivity contribution in [3.63, 3.8) is 0 Å². The first kappa shape index (κ1) is 9.80. The van der Waals surface area contributed by atoms with Crippen LogP contribution in [-0.2, 0) is 13.6 Å². The molecule has 0 spiro atoms. The Bertz CT molecular complexity index is 268. The molecule has 4 heteroatoms. The van der Waals surface area contributed by atoms with Crippen LogP contribution in [0.3, 0.4) is 0 Å². The summed E-state index contributed by atoms with van der Waals surface area (Å²) in [5, 5.41) is 0. The summed E-state index contributed by atoms with van der Waals surface area (Å²) in [6, 6.07) is 0. The Kier molecular flexibility index (Phi) is 2.35. The molecule has 0 bridgehead atoms. The Labute approximate surface area is 73.0 Å². The maximum Gasteiger partial charge on any atom is 0.332 e. The maximum absolute atomic E-state index is 11.6. The van der Waals surface area contributed by atoms with Gasteiger partial charge in [0.05, 0.1) is 17.7 Å². The van der Waals surface area contributed by atoms with E-state index in [1.54, 1.807) is 0 Å². The van der Waals surface area contributed by atoms with Gasteiger partial charge in [-0.05, 0) is 13.8 Å². The van der Waals surface area contributed by atoms with Crippen LogP contribution >= 0.6 is 7.60 Å². The fraction of sp³-hybridized carbons (Fsp3) is 0.750. The third-order valence-corrected chi connectivity index (χ3v) is 4.58. The predicted molar refractivity (Wildman–Crippen MR) is 47.0 cm³/mol. The highest BCUT2D eigenvalue weighted by Crippen LogP contribution is 2.60. The molecule has 0 saturated carbocycles. The zero-order valence-electron chi connectivity index (χ0n) is 7.53. The average Bonchev–Trinajstić information content (AvgIpc) is 2.25. The van der Waals surface area contributed by atoms with Crippen LogP contribution in [0.5, 0.6) is 0 Å². The highest BCUT2D eigenvalue weighted by atomic mass is 31.2. The molecule has 1 rings (SSSR count). The van der Waals surface area contributed by atoms with Gasteiger partial charge in [0.1, 0.15) is 0 Å². The van der Waals surface area contributed by atoms with Gasteiger partial charge in [0.25, 0.3) is 0 Å². The second-order valence-electron chi connectivity index (χ2n) is 3.26. The largest absolute Gasteiger partial charge is 0.332 e. The second kappa shape index (κ2) is 2.88. The molecule has 0 aromatic carbocycles. The fourth-order valence-electron chi connectivity index (χ4n) is 1.20. The summed E-state index contributed by atoms with van der Waals surface area (Å²) in [5.41, 5.74) is -0.453. The number of hydrogen-bond donors (Lipinski definition) is 0. The molecule has 3 atom stereocenters. The molecule has 3 nitrogen and oxygen atoms in total. The van der Waals surface area contributed by atoms with Crippen molar-refractivity contribution >= 4 is 7.60 Å². The molecular formula is C8H13O3P. The number of rotatable bonds is 1. The van der Waals surface area contributed by atoms with E-state index in [0.29, 0.717) is 6.16 Å². The molecule has 1 aliphatic heterocycles. The van der Waals surface area contributed by atoms with Crippen molar-refractivity contribution in [3.8, 4) is 12.3 Å². The Balaban J connectivity index is 2.91. The summed E-state index contributed by atoms with van der Waals surface area (Å²) in [6.07, 6.45) is 5.44. The lowest BCUT2D eigenvalue weighted by Crippen LogP contribution is -2.25. The smallest absolute Gasteiger partial charge is 0.312 e. The minimum absolute atomic E-state index is 0.201. The van der Waals surface area contributed by atoms with Crippen LogP contribution in [0.2, 0.25) is 0 Å². The summed E-state index contributed by atoms with van der Waals surface area (Å²) in [6.45, 7) is 3.68. The van der Waals surface area contributed by atoms with Gasteiger partial charge >= 0.3 is 7.60 Å². The van der Waals surface area contributed by atoms with Crippen LogP contribution in [0.15, 0.2) is 0 Å². The quantitative estimate of drug-likeness (QED) is 0.465. The Morgan fingerprint density at radius 2 is 2.42 bits per heavy atom. The predicted octanol–water partition coefficient (Wildman–Crippen LogP) is 1.88. The lowest BCUT2D eigenvalue weighted by atomic mass is 9.89. The van der Waals surface area contributed by atoms with Crippen molar-refractivity contribution in [2.75, 3.05) is 13.3 Å². The SMILES string of the molecule is C#CC1(C)CP(=O)(OC)OC1C. The highest BCUT2D eigenvalue weighted by Gasteiger charge is 2.48. The van der Waals surface area contributed by atoms with Crippen LogP contribution in [0, 0.1) is 17.8 Å². The van der Waals surface area contributed by atoms with Crippen LogP contribution in [-0.4, -0.2) is 19.4 Å². The van der Waals surface area contributed by atoms with Crippen LogP contribution in [0.25, 0.3) is 0 Å². The van der Waals surface area contributed by atoms with E-state index in [4.69, 9.17) is 15.5 Å². The molecule has 68 valence electrons. The van der Waals surface area contributed by atoms with E-state index in [2.05, 4.69) is 5.92 Å². The van der Waals surface area contributed by atoms with Crippen LogP contribution in [0.4, 0.5) is 0 Å². The van der Waals surface area contributed by atoms with E-state index < -0.39 is 13.0 Å². The van der Waals surface area contributed by atoms with Crippen molar-refractivity contribution in [3.05, 3.63) is 0 Å². The second-order valence-corrected chi connectivity index (χ2v) is 5.38. The molecular weight excluding hydrogens is 175 g/mol. The summed E-state index contributed by atoms with van der Waals surface area (Å²) in [5.74, 6) is 2.60. The minimum Gasteiger partial charge on any atom is -0.312 e. The van der Waals surface area contributed by atoms with E-state index in [1.165, 1.54) is 7.11 Å². The van der Waals surface area contributed by atoms with Crippen LogP contribution < -0.4 is 0 Å². The molecule has 1 saturated heterocycles. The molecule has 0 aliphatic carbocycles. The molecule has 0 N–H and O–H groups in total. The van der Waals surface area contributed by atoms with Crippen molar-refractivity contribution in [2.45, 2.75) is 20.0 Å². The molecule has 3 unspecified atom stereocenters. The first-order valence-electron chi connectivity index (χ1n) is 3.77. The molecule has 1 fully saturated rings. The van der Waals surface area contributed by atoms with Gasteiger partial charge in [0, 0.05) is 7.11 Å². The average molecular weight is 188 g/mol. The summed E-state index contributed by atoms with van der Waals surface area (Å²) >= 11 is 0. The fourth-order valence-corrected chi connectivity index (χ4v) is 3.35. The van der Waals surface area contributed by atoms with E-state index in [0.717, 1.165) is 0 Å². The van der Waals surface area contributed by atoms with Gasteiger partial charge in [-0.15, -0.1) is 6.42 Å². The topological polar surface area (TPSA) is 35.5 Å². The van der Waals surface area contributed by atoms with Crippen molar-refractivity contribution in [1.29, 1.82) is 0 Å². The Hall–Kier alpha value is -0.290. The van der Waals surface area contributed by atoms with Gasteiger partial charge < -0.3 is 9.05 Å². The molecule has 0 amide bonds. The third kappa shape index (κ3) is 1.43. The monoisotopic (exact) mass is 188 g/mol. The standard InChI is InChI=1S/C8H13O3P/c1-5-8(3)6-12(9,10-4)11-7(8)2/h1,7H,6H2,2-4H3. The van der Waals surface area contributed by atoms with Gasteiger partial charge in [-0.1, -0.05) is 5.92 Å². The lowest BCUT2D eigenvalue weighted by molar-refractivity contribution is 0.156. The zero-order valence-corrected chi connectivity index (χ0v) is 8.43. The highest BCUT2D eigenvalue weighted by molar-refractivity contribution is 7.54. The Morgan fingerprint density at radius 1 is 1.83 bits per heavy atom. The van der Waals surface area contributed by atoms with E-state index in [9.17, 15) is 4.57 Å². The molecule has 1 aliphatic rings. The van der Waals surface area contributed by atoms with Gasteiger partial charge in [-0.25, -0.2) is 0 Å². The Morgan fingerprint density at radius 3 is 2.67 bits per heavy atom. The van der Waals surface area contributed by atoms with Gasteiger partial charge in [0.2, 0.25) is 0 Å². The molecule has 0 aromatic heterocycles. The van der Waals surface area contributed by atoms with Gasteiger partial charge in [-0.2, -0.15) is 0 Å². The maximum atomic E-state index is 11.6. The lowest BCUT2D eigenvalue weighted by Gasteiger charge is -2.17. The molecule has 1 heterocycles. The van der Waals surface area contributed by atoms with Crippen molar-refractivity contribution in [2.24, 2.45) is 5.41 Å². The first-order chi connectivity index (χ1) is 5.46. The van der Waals surface area contributed by atoms with Gasteiger partial charge in [-0.3, -0.25) is 4.57 Å². The van der Waals surface area contributed by atoms with Crippen molar-refractivity contribution in [1.82, 2.24) is 0 Å². The first-order valence-corrected chi connectivity index (χ1v) is 5.49. The van der Waals surface area contributed by atoms with E-state index in [1.807, 2.05) is 13.8 Å². The molecule has 0 aromatic rings. The third-order valence-electron chi connectivity index (χ3n) is 2.35. The summed E-state index contributed by atoms with van der Waals surface area (Å²) in [4.78, 5) is 0. The normalized spacial score (nSPS) is 47.3. The van der Waals surface area contributed by atoms with E-state index >= 15 is 0 Å². The molecule has 0 radical (unpaired) electrons. The minimum atomic E-state index is -2.89.